The van der Waals surface area contributed by atoms with Gasteiger partial charge < -0.3 is 10.5 Å². The van der Waals surface area contributed by atoms with Gasteiger partial charge in [0.2, 0.25) is 5.88 Å². The van der Waals surface area contributed by atoms with Gasteiger partial charge in [0, 0.05) is 0 Å². The summed E-state index contributed by atoms with van der Waals surface area (Å²) in [7, 11) is 0. The summed E-state index contributed by atoms with van der Waals surface area (Å²) in [4.78, 5) is 12.7. The van der Waals surface area contributed by atoms with Crippen molar-refractivity contribution in [2.24, 2.45) is 0 Å². The van der Waals surface area contributed by atoms with Gasteiger partial charge in [0.05, 0.1) is 4.92 Å². The first kappa shape index (κ1) is 12.7. The Balaban J connectivity index is 3.17. The highest BCUT2D eigenvalue weighted by Crippen LogP contribution is 2.33. The molecule has 0 unspecified atom stereocenters. The summed E-state index contributed by atoms with van der Waals surface area (Å²) in [6, 6.07) is 0. The number of hydrogen-bond donors (Lipinski definition) is 1. The van der Waals surface area contributed by atoms with E-state index in [9.17, 15) is 23.3 Å². The number of nitro groups is 1. The van der Waals surface area contributed by atoms with Crippen LogP contribution in [0.15, 0.2) is 6.20 Å². The second-order valence-corrected chi connectivity index (χ2v) is 3.56. The lowest BCUT2D eigenvalue weighted by Crippen LogP contribution is -2.19. The van der Waals surface area contributed by atoms with Crippen LogP contribution in [0.1, 0.15) is 0 Å². The zero-order valence-corrected chi connectivity index (χ0v) is 9.44. The van der Waals surface area contributed by atoms with Gasteiger partial charge in [-0.15, -0.1) is 13.2 Å². The highest BCUT2D eigenvalue weighted by Gasteiger charge is 2.34. The Labute approximate surface area is 99.9 Å². The molecule has 0 aliphatic carbocycles. The van der Waals surface area contributed by atoms with Crippen molar-refractivity contribution in [1.29, 1.82) is 0 Å². The molecule has 0 radical (unpaired) electrons. The molecule has 2 N–H and O–H groups in total. The van der Waals surface area contributed by atoms with E-state index in [0.29, 0.717) is 6.20 Å². The van der Waals surface area contributed by atoms with Crippen molar-refractivity contribution in [2.45, 2.75) is 6.36 Å². The molecular formula is C6H3F3IN3O3. The van der Waals surface area contributed by atoms with E-state index in [0.717, 1.165) is 0 Å². The van der Waals surface area contributed by atoms with Gasteiger partial charge in [-0.25, -0.2) is 4.98 Å². The maximum Gasteiger partial charge on any atom is 0.574 e. The fourth-order valence-corrected chi connectivity index (χ4v) is 1.33. The van der Waals surface area contributed by atoms with E-state index in [1.54, 1.807) is 0 Å². The number of nitrogens with zero attached hydrogens (tertiary/aromatic N) is 2. The molecular weight excluding hydrogens is 346 g/mol. The minimum Gasteiger partial charge on any atom is -0.392 e. The van der Waals surface area contributed by atoms with Gasteiger partial charge in [-0.2, -0.15) is 0 Å². The largest absolute Gasteiger partial charge is 0.574 e. The Hall–Kier alpha value is -1.33. The number of ether oxygens (including phenoxy) is 1. The van der Waals surface area contributed by atoms with Crippen molar-refractivity contribution in [3.05, 3.63) is 19.9 Å². The standard InChI is InChI=1S/C6H3F3IN3O3/c7-6(8,9)16-5-3(10)4(11)2(1-12-5)13(14)15/h1H,(H2,11,12). The van der Waals surface area contributed by atoms with Crippen LogP contribution in [0.3, 0.4) is 0 Å². The van der Waals surface area contributed by atoms with Crippen LogP contribution < -0.4 is 10.5 Å². The van der Waals surface area contributed by atoms with Gasteiger partial charge >= 0.3 is 12.0 Å². The third-order valence-electron chi connectivity index (χ3n) is 1.41. The van der Waals surface area contributed by atoms with E-state index in [-0.39, 0.29) is 3.57 Å². The van der Waals surface area contributed by atoms with Crippen LogP contribution in [0.2, 0.25) is 0 Å². The Morgan fingerprint density at radius 3 is 2.56 bits per heavy atom. The van der Waals surface area contributed by atoms with Crippen LogP contribution >= 0.6 is 22.6 Å². The quantitative estimate of drug-likeness (QED) is 0.502. The summed E-state index contributed by atoms with van der Waals surface area (Å²) in [5, 5.41) is 10.4. The summed E-state index contributed by atoms with van der Waals surface area (Å²) in [5.74, 6) is -0.809. The zero-order valence-electron chi connectivity index (χ0n) is 7.29. The number of rotatable bonds is 2. The number of halogens is 4. The number of nitrogens with two attached hydrogens (primary N) is 1. The average molecular weight is 349 g/mol. The molecule has 1 heterocycles. The van der Waals surface area contributed by atoms with Gasteiger partial charge in [-0.05, 0) is 22.6 Å². The molecule has 16 heavy (non-hydrogen) atoms. The summed E-state index contributed by atoms with van der Waals surface area (Å²) in [6.07, 6.45) is -4.31. The molecule has 0 bridgehead atoms. The predicted molar refractivity (Wildman–Crippen MR) is 54.7 cm³/mol. The number of pyridine rings is 1. The summed E-state index contributed by atoms with van der Waals surface area (Å²) >= 11 is 1.39. The first-order valence-electron chi connectivity index (χ1n) is 3.56. The molecule has 0 atom stereocenters. The molecule has 6 nitrogen and oxygen atoms in total. The molecule has 0 saturated heterocycles. The molecule has 1 rings (SSSR count). The smallest absolute Gasteiger partial charge is 0.392 e. The Kier molecular flexibility index (Phi) is 3.40. The Morgan fingerprint density at radius 2 is 2.12 bits per heavy atom. The fraction of sp³-hybridized carbons (Fsp3) is 0.167. The molecule has 1 aromatic heterocycles. The highest BCUT2D eigenvalue weighted by molar-refractivity contribution is 14.1. The molecule has 0 amide bonds. The monoisotopic (exact) mass is 349 g/mol. The summed E-state index contributed by atoms with van der Waals surface area (Å²) in [6.45, 7) is 0. The Bertz CT molecular complexity index is 437. The molecule has 0 fully saturated rings. The van der Waals surface area contributed by atoms with Gasteiger partial charge in [0.15, 0.2) is 0 Å². The maximum atomic E-state index is 11.9. The molecule has 0 aliphatic heterocycles. The normalized spacial score (nSPS) is 11.2. The van der Waals surface area contributed by atoms with Gasteiger partial charge in [-0.3, -0.25) is 10.1 Å². The van der Waals surface area contributed by atoms with Crippen molar-refractivity contribution in [1.82, 2.24) is 4.98 Å². The van der Waals surface area contributed by atoms with E-state index in [1.165, 1.54) is 22.6 Å². The molecule has 0 aliphatic rings. The molecule has 0 saturated carbocycles. The summed E-state index contributed by atoms with van der Waals surface area (Å²) in [5.41, 5.74) is 4.28. The fourth-order valence-electron chi connectivity index (χ4n) is 0.800. The number of aromatic nitrogens is 1. The average Bonchev–Trinajstić information content (AvgIpc) is 2.10. The molecule has 88 valence electrons. The molecule has 10 heteroatoms. The molecule has 0 aromatic carbocycles. The minimum absolute atomic E-state index is 0.260. The second-order valence-electron chi connectivity index (χ2n) is 2.48. The molecule has 1 aromatic rings. The molecule has 0 spiro atoms. The van der Waals surface area contributed by atoms with Crippen molar-refractivity contribution >= 4 is 34.0 Å². The van der Waals surface area contributed by atoms with Gasteiger partial charge in [0.25, 0.3) is 0 Å². The predicted octanol–water partition coefficient (Wildman–Crippen LogP) is 2.08. The third-order valence-corrected chi connectivity index (χ3v) is 2.46. The first-order chi connectivity index (χ1) is 7.22. The number of hydrogen-bond acceptors (Lipinski definition) is 5. The lowest BCUT2D eigenvalue weighted by Gasteiger charge is -2.10. The van der Waals surface area contributed by atoms with Crippen LogP contribution in [0, 0.1) is 13.7 Å². The van der Waals surface area contributed by atoms with Crippen molar-refractivity contribution < 1.29 is 22.8 Å². The maximum absolute atomic E-state index is 11.9. The third kappa shape index (κ3) is 2.84. The van der Waals surface area contributed by atoms with E-state index in [2.05, 4.69) is 9.72 Å². The first-order valence-corrected chi connectivity index (χ1v) is 4.64. The van der Waals surface area contributed by atoms with E-state index < -0.39 is 28.5 Å². The van der Waals surface area contributed by atoms with E-state index in [1.807, 2.05) is 0 Å². The lowest BCUT2D eigenvalue weighted by molar-refractivity contribution is -0.384. The van der Waals surface area contributed by atoms with E-state index >= 15 is 0 Å². The topological polar surface area (TPSA) is 91.3 Å². The zero-order chi connectivity index (χ0) is 12.5. The highest BCUT2D eigenvalue weighted by atomic mass is 127. The van der Waals surface area contributed by atoms with Crippen LogP contribution in [-0.2, 0) is 0 Å². The van der Waals surface area contributed by atoms with Crippen LogP contribution in [0.4, 0.5) is 24.5 Å². The Morgan fingerprint density at radius 1 is 1.56 bits per heavy atom. The minimum atomic E-state index is -4.92. The van der Waals surface area contributed by atoms with Gasteiger partial charge in [0.1, 0.15) is 15.5 Å². The van der Waals surface area contributed by atoms with Crippen LogP contribution in [0.25, 0.3) is 0 Å². The van der Waals surface area contributed by atoms with Crippen molar-refractivity contribution in [3.63, 3.8) is 0 Å². The SMILES string of the molecule is Nc1c([N+](=O)[O-])cnc(OC(F)(F)F)c1I. The van der Waals surface area contributed by atoms with Gasteiger partial charge in [-0.1, -0.05) is 0 Å². The summed E-state index contributed by atoms with van der Waals surface area (Å²) < 4.78 is 38.9. The van der Waals surface area contributed by atoms with Crippen LogP contribution in [0.5, 0.6) is 5.88 Å². The van der Waals surface area contributed by atoms with E-state index in [4.69, 9.17) is 5.73 Å². The number of nitrogen functional groups attached to an aromatic ring is 1. The second kappa shape index (κ2) is 4.27. The van der Waals surface area contributed by atoms with Crippen LogP contribution in [-0.4, -0.2) is 16.3 Å². The van der Waals surface area contributed by atoms with Crippen molar-refractivity contribution in [3.8, 4) is 5.88 Å². The number of alkyl halides is 3. The van der Waals surface area contributed by atoms with Crippen molar-refractivity contribution in [2.75, 3.05) is 5.73 Å². The lowest BCUT2D eigenvalue weighted by atomic mass is 10.3. The number of anilines is 1.